The average molecular weight is 303 g/mol. The molecule has 0 spiro atoms. The third kappa shape index (κ3) is 3.39. The van der Waals surface area contributed by atoms with Crippen LogP contribution in [-0.4, -0.2) is 28.9 Å². The number of aliphatic hydroxyl groups excluding tert-OH is 2. The van der Waals surface area contributed by atoms with Crippen molar-refractivity contribution in [2.24, 2.45) is 5.41 Å². The Morgan fingerprint density at radius 1 is 1.38 bits per heavy atom. The molecule has 0 bridgehead atoms. The quantitative estimate of drug-likeness (QED) is 0.801. The number of hydrogen-bond donors (Lipinski definition) is 3. The van der Waals surface area contributed by atoms with E-state index < -0.39 is 17.8 Å². The first-order valence-electron chi connectivity index (χ1n) is 6.89. The summed E-state index contributed by atoms with van der Waals surface area (Å²) in [4.78, 5) is 0. The largest absolute Gasteiger partial charge is 0.416 e. The van der Waals surface area contributed by atoms with Crippen molar-refractivity contribution < 1.29 is 23.4 Å². The van der Waals surface area contributed by atoms with Crippen LogP contribution in [-0.2, 0) is 6.18 Å². The van der Waals surface area contributed by atoms with Crippen LogP contribution < -0.4 is 5.32 Å². The summed E-state index contributed by atoms with van der Waals surface area (Å²) in [7, 11) is 0. The van der Waals surface area contributed by atoms with Gasteiger partial charge in [0, 0.05) is 18.0 Å². The van der Waals surface area contributed by atoms with Crippen molar-refractivity contribution >= 4 is 0 Å². The summed E-state index contributed by atoms with van der Waals surface area (Å²) in [6, 6.07) is 4.76. The minimum absolute atomic E-state index is 0.0490. The van der Waals surface area contributed by atoms with Gasteiger partial charge in [-0.1, -0.05) is 26.0 Å². The molecule has 3 atom stereocenters. The van der Waals surface area contributed by atoms with E-state index in [4.69, 9.17) is 0 Å². The predicted molar refractivity (Wildman–Crippen MR) is 72.6 cm³/mol. The van der Waals surface area contributed by atoms with Gasteiger partial charge >= 0.3 is 6.18 Å². The molecule has 0 aromatic heterocycles. The molecule has 3 nitrogen and oxygen atoms in total. The first-order chi connectivity index (χ1) is 9.62. The van der Waals surface area contributed by atoms with Gasteiger partial charge in [0.05, 0.1) is 17.8 Å². The zero-order chi connectivity index (χ0) is 15.8. The first-order valence-corrected chi connectivity index (χ1v) is 6.89. The maximum Gasteiger partial charge on any atom is 0.416 e. The van der Waals surface area contributed by atoms with E-state index >= 15 is 0 Å². The number of aliphatic hydroxyl groups is 2. The maximum atomic E-state index is 12.6. The lowest BCUT2D eigenvalue weighted by molar-refractivity contribution is -0.137. The lowest BCUT2D eigenvalue weighted by Crippen LogP contribution is -2.60. The first kappa shape index (κ1) is 16.3. The van der Waals surface area contributed by atoms with E-state index in [1.165, 1.54) is 12.1 Å². The van der Waals surface area contributed by atoms with E-state index in [9.17, 15) is 23.4 Å². The molecule has 1 aromatic carbocycles. The summed E-state index contributed by atoms with van der Waals surface area (Å²) in [6.07, 6.45) is -5.23. The van der Waals surface area contributed by atoms with Crippen molar-refractivity contribution in [1.82, 2.24) is 5.32 Å². The highest BCUT2D eigenvalue weighted by atomic mass is 19.4. The third-order valence-electron chi connectivity index (χ3n) is 4.37. The minimum atomic E-state index is -4.41. The van der Waals surface area contributed by atoms with E-state index in [1.54, 1.807) is 0 Å². The Morgan fingerprint density at radius 3 is 2.57 bits per heavy atom. The fourth-order valence-corrected chi connectivity index (χ4v) is 2.54. The SMILES string of the molecule is CC1(C)C(O)CC1NCC(O)c1cccc(C(F)(F)F)c1. The molecule has 2 rings (SSSR count). The average Bonchev–Trinajstić information content (AvgIpc) is 2.42. The Morgan fingerprint density at radius 2 is 2.05 bits per heavy atom. The Hall–Kier alpha value is -1.11. The highest BCUT2D eigenvalue weighted by Gasteiger charge is 2.46. The van der Waals surface area contributed by atoms with Crippen LogP contribution in [0, 0.1) is 5.41 Å². The maximum absolute atomic E-state index is 12.6. The van der Waals surface area contributed by atoms with E-state index in [-0.39, 0.29) is 29.7 Å². The summed E-state index contributed by atoms with van der Waals surface area (Å²) in [5, 5.41) is 22.8. The normalized spacial score (nSPS) is 26.2. The molecule has 0 aliphatic heterocycles. The van der Waals surface area contributed by atoms with Gasteiger partial charge in [-0.15, -0.1) is 0 Å². The van der Waals surface area contributed by atoms with Gasteiger partial charge in [0.25, 0.3) is 0 Å². The Kier molecular flexibility index (Phi) is 4.33. The lowest BCUT2D eigenvalue weighted by atomic mass is 9.64. The van der Waals surface area contributed by atoms with Crippen LogP contribution >= 0.6 is 0 Å². The Labute approximate surface area is 121 Å². The zero-order valence-corrected chi connectivity index (χ0v) is 12.0. The van der Waals surface area contributed by atoms with Crippen LogP contribution in [0.2, 0.25) is 0 Å². The van der Waals surface area contributed by atoms with Crippen LogP contribution in [0.15, 0.2) is 24.3 Å². The molecule has 3 unspecified atom stereocenters. The molecule has 0 heterocycles. The molecule has 21 heavy (non-hydrogen) atoms. The molecule has 1 aliphatic rings. The van der Waals surface area contributed by atoms with Gasteiger partial charge in [0.15, 0.2) is 0 Å². The highest BCUT2D eigenvalue weighted by Crippen LogP contribution is 2.40. The van der Waals surface area contributed by atoms with E-state index in [2.05, 4.69) is 5.32 Å². The van der Waals surface area contributed by atoms with Gasteiger partial charge in [0.1, 0.15) is 0 Å². The molecule has 1 saturated carbocycles. The second-order valence-corrected chi connectivity index (χ2v) is 6.17. The van der Waals surface area contributed by atoms with Crippen LogP contribution in [0.1, 0.15) is 37.5 Å². The molecule has 0 saturated heterocycles. The summed E-state index contributed by atoms with van der Waals surface area (Å²) in [6.45, 7) is 3.98. The molecular formula is C15H20F3NO2. The summed E-state index contributed by atoms with van der Waals surface area (Å²) in [5.41, 5.74) is -0.818. The van der Waals surface area contributed by atoms with Crippen molar-refractivity contribution in [2.75, 3.05) is 6.54 Å². The fourth-order valence-electron chi connectivity index (χ4n) is 2.54. The Bertz CT molecular complexity index is 502. The van der Waals surface area contributed by atoms with Crippen molar-refractivity contribution in [3.8, 4) is 0 Å². The molecule has 1 aromatic rings. The summed E-state index contributed by atoms with van der Waals surface area (Å²) < 4.78 is 37.9. The van der Waals surface area contributed by atoms with Crippen LogP contribution in [0.3, 0.4) is 0 Å². The minimum Gasteiger partial charge on any atom is -0.392 e. The topological polar surface area (TPSA) is 52.5 Å². The van der Waals surface area contributed by atoms with Gasteiger partial charge in [-0.05, 0) is 24.1 Å². The molecule has 1 fully saturated rings. The van der Waals surface area contributed by atoms with Crippen LogP contribution in [0.25, 0.3) is 0 Å². The second-order valence-electron chi connectivity index (χ2n) is 6.17. The number of benzene rings is 1. The van der Waals surface area contributed by atoms with Crippen LogP contribution in [0.5, 0.6) is 0 Å². The number of nitrogens with one attached hydrogen (secondary N) is 1. The van der Waals surface area contributed by atoms with Gasteiger partial charge in [-0.2, -0.15) is 13.2 Å². The smallest absolute Gasteiger partial charge is 0.392 e. The predicted octanol–water partition coefficient (Wildman–Crippen LogP) is 2.49. The van der Waals surface area contributed by atoms with Gasteiger partial charge < -0.3 is 15.5 Å². The van der Waals surface area contributed by atoms with Gasteiger partial charge in [-0.3, -0.25) is 0 Å². The third-order valence-corrected chi connectivity index (χ3v) is 4.37. The van der Waals surface area contributed by atoms with Crippen molar-refractivity contribution in [1.29, 1.82) is 0 Å². The highest BCUT2D eigenvalue weighted by molar-refractivity contribution is 5.27. The van der Waals surface area contributed by atoms with Crippen molar-refractivity contribution in [2.45, 2.75) is 44.7 Å². The van der Waals surface area contributed by atoms with Gasteiger partial charge in [-0.25, -0.2) is 0 Å². The van der Waals surface area contributed by atoms with E-state index in [1.807, 2.05) is 13.8 Å². The summed E-state index contributed by atoms with van der Waals surface area (Å²) >= 11 is 0. The number of rotatable bonds is 4. The fraction of sp³-hybridized carbons (Fsp3) is 0.600. The molecular weight excluding hydrogens is 283 g/mol. The van der Waals surface area contributed by atoms with Gasteiger partial charge in [0.2, 0.25) is 0 Å². The molecule has 0 amide bonds. The van der Waals surface area contributed by atoms with Crippen LogP contribution in [0.4, 0.5) is 13.2 Å². The summed E-state index contributed by atoms with van der Waals surface area (Å²) in [5.74, 6) is 0. The van der Waals surface area contributed by atoms with E-state index in [0.29, 0.717) is 6.42 Å². The van der Waals surface area contributed by atoms with E-state index in [0.717, 1.165) is 12.1 Å². The molecule has 0 radical (unpaired) electrons. The Balaban J connectivity index is 1.97. The second kappa shape index (κ2) is 5.59. The number of hydrogen-bond acceptors (Lipinski definition) is 3. The zero-order valence-electron chi connectivity index (χ0n) is 12.0. The molecule has 1 aliphatic carbocycles. The molecule has 6 heteroatoms. The number of halogens is 3. The van der Waals surface area contributed by atoms with Crippen molar-refractivity contribution in [3.63, 3.8) is 0 Å². The van der Waals surface area contributed by atoms with Crippen molar-refractivity contribution in [3.05, 3.63) is 35.4 Å². The molecule has 118 valence electrons. The molecule has 3 N–H and O–H groups in total. The number of alkyl halides is 3. The monoisotopic (exact) mass is 303 g/mol. The lowest BCUT2D eigenvalue weighted by Gasteiger charge is -2.50. The standard InChI is InChI=1S/C15H20F3NO2/c1-14(2)12(7-13(14)21)19-8-11(20)9-4-3-5-10(6-9)15(16,17)18/h3-6,11-13,19-21H,7-8H2,1-2H3.